The molecule has 1 amide bonds. The zero-order valence-corrected chi connectivity index (χ0v) is 11.4. The molecule has 0 aromatic rings. The van der Waals surface area contributed by atoms with Gasteiger partial charge in [0.1, 0.15) is 13.2 Å². The van der Waals surface area contributed by atoms with Gasteiger partial charge in [-0.3, -0.25) is 9.59 Å². The fourth-order valence-corrected chi connectivity index (χ4v) is 1.01. The first-order chi connectivity index (χ1) is 8.82. The van der Waals surface area contributed by atoms with Gasteiger partial charge in [0.05, 0.1) is 6.42 Å². The molecule has 0 fully saturated rings. The molecule has 7 nitrogen and oxygen atoms in total. The Morgan fingerprint density at radius 3 is 2.32 bits per heavy atom. The first kappa shape index (κ1) is 17.0. The lowest BCUT2D eigenvalue weighted by atomic mass is 10.3. The summed E-state index contributed by atoms with van der Waals surface area (Å²) >= 11 is 4.46. The lowest BCUT2D eigenvalue weighted by Gasteiger charge is -2.06. The predicted molar refractivity (Wildman–Crippen MR) is 70.9 cm³/mol. The third-order valence-corrected chi connectivity index (χ3v) is 1.85. The lowest BCUT2D eigenvalue weighted by molar-refractivity contribution is -0.150. The van der Waals surface area contributed by atoms with Crippen LogP contribution in [0.15, 0.2) is 12.2 Å². The predicted octanol–water partition coefficient (Wildman–Crippen LogP) is -0.211. The fourth-order valence-electron chi connectivity index (χ4n) is 0.901. The number of nitrogens with one attached hydrogen (secondary N) is 1. The molecule has 0 heterocycles. The maximum Gasteiger partial charge on any atom is 0.333 e. The number of thiocarbonyl (C=S) groups is 1. The summed E-state index contributed by atoms with van der Waals surface area (Å²) < 4.78 is 9.44. The summed E-state index contributed by atoms with van der Waals surface area (Å²) in [4.78, 5) is 33.2. The summed E-state index contributed by atoms with van der Waals surface area (Å²) in [5.74, 6) is -1.59. The summed E-state index contributed by atoms with van der Waals surface area (Å²) in [5, 5.41) is 2.03. The van der Waals surface area contributed by atoms with Crippen molar-refractivity contribution in [1.29, 1.82) is 0 Å². The lowest BCUT2D eigenvalue weighted by Crippen LogP contribution is -2.34. The molecule has 0 aromatic heterocycles. The van der Waals surface area contributed by atoms with Crippen LogP contribution in [0.2, 0.25) is 0 Å². The number of amides is 1. The molecule has 0 atom stereocenters. The van der Waals surface area contributed by atoms with Crippen LogP contribution in [0.5, 0.6) is 0 Å². The summed E-state index contributed by atoms with van der Waals surface area (Å²) in [6.07, 6.45) is -0.190. The number of esters is 2. The molecular formula is C11H16N2O5S. The fraction of sp³-hybridized carbons (Fsp3) is 0.455. The Bertz CT molecular complexity index is 395. The van der Waals surface area contributed by atoms with Gasteiger partial charge in [0, 0.05) is 12.0 Å². The van der Waals surface area contributed by atoms with Crippen molar-refractivity contribution in [3.05, 3.63) is 12.2 Å². The first-order valence-electron chi connectivity index (χ1n) is 5.40. The highest BCUT2D eigenvalue weighted by Gasteiger charge is 2.09. The molecule has 0 aromatic carbocycles. The number of hydrogen-bond acceptors (Lipinski definition) is 6. The third-order valence-electron chi connectivity index (χ3n) is 1.75. The van der Waals surface area contributed by atoms with Crippen molar-refractivity contribution in [2.75, 3.05) is 13.2 Å². The Labute approximate surface area is 116 Å². The van der Waals surface area contributed by atoms with E-state index in [1.54, 1.807) is 0 Å². The molecule has 0 aliphatic rings. The van der Waals surface area contributed by atoms with Crippen molar-refractivity contribution >= 4 is 35.2 Å². The number of rotatable bonds is 7. The Balaban J connectivity index is 3.65. The average molecular weight is 288 g/mol. The van der Waals surface area contributed by atoms with Crippen LogP contribution in [0.25, 0.3) is 0 Å². The summed E-state index contributed by atoms with van der Waals surface area (Å²) in [5.41, 5.74) is 5.34. The first-order valence-corrected chi connectivity index (χ1v) is 5.81. The molecule has 0 saturated carbocycles. The average Bonchev–Trinajstić information content (AvgIpc) is 2.30. The molecule has 0 saturated heterocycles. The topological polar surface area (TPSA) is 108 Å². The number of carbonyl (C=O) groups excluding carboxylic acids is 3. The molecule has 3 N–H and O–H groups in total. The zero-order valence-electron chi connectivity index (χ0n) is 10.6. The van der Waals surface area contributed by atoms with E-state index in [1.807, 2.05) is 0 Å². The minimum Gasteiger partial charge on any atom is -0.462 e. The van der Waals surface area contributed by atoms with E-state index in [-0.39, 0.29) is 36.7 Å². The van der Waals surface area contributed by atoms with Crippen molar-refractivity contribution in [3.8, 4) is 0 Å². The molecule has 0 spiro atoms. The van der Waals surface area contributed by atoms with Crippen molar-refractivity contribution in [1.82, 2.24) is 5.32 Å². The van der Waals surface area contributed by atoms with Gasteiger partial charge >= 0.3 is 11.9 Å². The molecule has 0 unspecified atom stereocenters. The Morgan fingerprint density at radius 2 is 1.79 bits per heavy atom. The second-order valence-corrected chi connectivity index (χ2v) is 3.99. The highest BCUT2D eigenvalue weighted by molar-refractivity contribution is 7.80. The molecule has 106 valence electrons. The Hall–Kier alpha value is -1.96. The van der Waals surface area contributed by atoms with E-state index in [9.17, 15) is 14.4 Å². The van der Waals surface area contributed by atoms with Crippen LogP contribution >= 0.6 is 12.2 Å². The van der Waals surface area contributed by atoms with Gasteiger partial charge in [-0.2, -0.15) is 0 Å². The third kappa shape index (κ3) is 9.72. The van der Waals surface area contributed by atoms with E-state index in [0.29, 0.717) is 0 Å². The smallest absolute Gasteiger partial charge is 0.333 e. The normalized spacial score (nSPS) is 9.32. The van der Waals surface area contributed by atoms with Crippen LogP contribution < -0.4 is 11.1 Å². The molecule has 0 radical (unpaired) electrons. The maximum atomic E-state index is 11.2. The van der Waals surface area contributed by atoms with E-state index >= 15 is 0 Å². The summed E-state index contributed by atoms with van der Waals surface area (Å²) in [6, 6.07) is 0. The standard InChI is InChI=1S/C11H16N2O5S/c1-7(2)10(16)18-6-5-17-9(15)4-3-8(14)13-11(12)19/h1,3-6H2,2H3,(H3,12,13,14,19). The van der Waals surface area contributed by atoms with Gasteiger partial charge in [0.2, 0.25) is 5.91 Å². The van der Waals surface area contributed by atoms with Crippen LogP contribution in [-0.4, -0.2) is 36.2 Å². The highest BCUT2D eigenvalue weighted by atomic mass is 32.1. The van der Waals surface area contributed by atoms with Crippen LogP contribution in [0.4, 0.5) is 0 Å². The second kappa shape index (κ2) is 9.03. The van der Waals surface area contributed by atoms with E-state index in [0.717, 1.165) is 0 Å². The SMILES string of the molecule is C=C(C)C(=O)OCCOC(=O)CCC(=O)NC(N)=S. The van der Waals surface area contributed by atoms with Crippen molar-refractivity contribution < 1.29 is 23.9 Å². The minimum atomic E-state index is -0.579. The quantitative estimate of drug-likeness (QED) is 0.289. The van der Waals surface area contributed by atoms with Gasteiger partial charge < -0.3 is 20.5 Å². The van der Waals surface area contributed by atoms with Crippen molar-refractivity contribution in [2.45, 2.75) is 19.8 Å². The largest absolute Gasteiger partial charge is 0.462 e. The summed E-state index contributed by atoms with van der Waals surface area (Å²) in [7, 11) is 0. The Morgan fingerprint density at radius 1 is 1.21 bits per heavy atom. The monoisotopic (exact) mass is 288 g/mol. The van der Waals surface area contributed by atoms with Crippen LogP contribution in [0.3, 0.4) is 0 Å². The van der Waals surface area contributed by atoms with Gasteiger partial charge in [-0.05, 0) is 19.1 Å². The number of nitrogens with two attached hydrogens (primary N) is 1. The van der Waals surface area contributed by atoms with Gasteiger partial charge in [-0.1, -0.05) is 6.58 Å². The van der Waals surface area contributed by atoms with Gasteiger partial charge in [0.15, 0.2) is 5.11 Å². The van der Waals surface area contributed by atoms with E-state index < -0.39 is 17.8 Å². The van der Waals surface area contributed by atoms with Crippen LogP contribution in [-0.2, 0) is 23.9 Å². The van der Waals surface area contributed by atoms with Gasteiger partial charge in [0.25, 0.3) is 0 Å². The second-order valence-electron chi connectivity index (χ2n) is 3.55. The van der Waals surface area contributed by atoms with Crippen LogP contribution in [0.1, 0.15) is 19.8 Å². The number of carbonyl (C=O) groups is 3. The molecule has 0 aliphatic heterocycles. The van der Waals surface area contributed by atoms with Gasteiger partial charge in [-0.25, -0.2) is 4.79 Å². The molecule has 0 rings (SSSR count). The molecular weight excluding hydrogens is 272 g/mol. The van der Waals surface area contributed by atoms with E-state index in [4.69, 9.17) is 15.2 Å². The molecule has 8 heteroatoms. The van der Waals surface area contributed by atoms with Crippen LogP contribution in [0, 0.1) is 0 Å². The summed E-state index contributed by atoms with van der Waals surface area (Å²) in [6.45, 7) is 4.77. The Kier molecular flexibility index (Phi) is 8.10. The van der Waals surface area contributed by atoms with Crippen molar-refractivity contribution in [2.24, 2.45) is 5.73 Å². The van der Waals surface area contributed by atoms with Crippen molar-refractivity contribution in [3.63, 3.8) is 0 Å². The molecule has 0 bridgehead atoms. The molecule has 19 heavy (non-hydrogen) atoms. The molecule has 0 aliphatic carbocycles. The number of hydrogen-bond donors (Lipinski definition) is 2. The minimum absolute atomic E-state index is 0.0590. The zero-order chi connectivity index (χ0) is 14.8. The van der Waals surface area contributed by atoms with E-state index in [1.165, 1.54) is 6.92 Å². The highest BCUT2D eigenvalue weighted by Crippen LogP contribution is 1.95. The van der Waals surface area contributed by atoms with Gasteiger partial charge in [-0.15, -0.1) is 0 Å². The van der Waals surface area contributed by atoms with E-state index in [2.05, 4.69) is 24.1 Å². The maximum absolute atomic E-state index is 11.2. The number of ether oxygens (including phenoxy) is 2.